The van der Waals surface area contributed by atoms with E-state index in [-0.39, 0.29) is 0 Å². The number of hydrogen-bond acceptors (Lipinski definition) is 4. The van der Waals surface area contributed by atoms with Crippen LogP contribution in [-0.2, 0) is 13.0 Å². The minimum atomic E-state index is -0.848. The Bertz CT molecular complexity index is 789. The molecule has 0 bridgehead atoms. The summed E-state index contributed by atoms with van der Waals surface area (Å²) in [4.78, 5) is 19.1. The molecule has 0 saturated carbocycles. The van der Waals surface area contributed by atoms with E-state index in [0.29, 0.717) is 19.0 Å². The minimum Gasteiger partial charge on any atom is -0.493 e. The second-order valence-electron chi connectivity index (χ2n) is 7.33. The van der Waals surface area contributed by atoms with E-state index in [0.717, 1.165) is 50.3 Å². The number of piperidine rings is 1. The standard InChI is InChI=1S/C21H25N3O3/c25-21(26)24-12-7-17-13-20(2-1-18(17)14-24)27-15-16-5-10-23(11-6-16)19-3-8-22-9-4-19/h1-4,8-9,13,16H,5-7,10-12,14-15H2,(H,25,26). The Morgan fingerprint density at radius 3 is 2.63 bits per heavy atom. The molecule has 0 spiro atoms. The summed E-state index contributed by atoms with van der Waals surface area (Å²) in [6.45, 7) is 3.86. The molecule has 1 amide bonds. The summed E-state index contributed by atoms with van der Waals surface area (Å²) >= 11 is 0. The van der Waals surface area contributed by atoms with Gasteiger partial charge in [-0.3, -0.25) is 4.98 Å². The molecule has 1 aromatic heterocycles. The van der Waals surface area contributed by atoms with Crippen molar-refractivity contribution < 1.29 is 14.6 Å². The number of nitrogens with zero attached hydrogens (tertiary/aromatic N) is 3. The van der Waals surface area contributed by atoms with Crippen molar-refractivity contribution in [1.29, 1.82) is 0 Å². The fourth-order valence-electron chi connectivity index (χ4n) is 3.91. The van der Waals surface area contributed by atoms with Crippen LogP contribution in [0.5, 0.6) is 5.75 Å². The first-order valence-electron chi connectivity index (χ1n) is 9.56. The quantitative estimate of drug-likeness (QED) is 0.897. The van der Waals surface area contributed by atoms with Gasteiger partial charge in [0, 0.05) is 44.3 Å². The fourth-order valence-corrected chi connectivity index (χ4v) is 3.91. The van der Waals surface area contributed by atoms with E-state index in [2.05, 4.69) is 28.1 Å². The van der Waals surface area contributed by atoms with Crippen LogP contribution in [-0.4, -0.2) is 47.3 Å². The van der Waals surface area contributed by atoms with Crippen molar-refractivity contribution in [2.45, 2.75) is 25.8 Å². The van der Waals surface area contributed by atoms with Crippen LogP contribution in [0.3, 0.4) is 0 Å². The maximum atomic E-state index is 11.1. The van der Waals surface area contributed by atoms with Crippen LogP contribution in [0.15, 0.2) is 42.7 Å². The number of carboxylic acid groups (broad SMARTS) is 1. The minimum absolute atomic E-state index is 0.471. The summed E-state index contributed by atoms with van der Waals surface area (Å²) in [5.74, 6) is 1.47. The Balaban J connectivity index is 1.28. The van der Waals surface area contributed by atoms with Crippen molar-refractivity contribution in [3.05, 3.63) is 53.9 Å². The average molecular weight is 367 g/mol. The Morgan fingerprint density at radius 2 is 1.89 bits per heavy atom. The highest BCUT2D eigenvalue weighted by molar-refractivity contribution is 5.65. The molecular formula is C21H25N3O3. The number of ether oxygens (including phenoxy) is 1. The van der Waals surface area contributed by atoms with Crippen molar-refractivity contribution in [2.24, 2.45) is 5.92 Å². The van der Waals surface area contributed by atoms with E-state index in [4.69, 9.17) is 9.84 Å². The van der Waals surface area contributed by atoms with E-state index in [9.17, 15) is 4.79 Å². The number of hydrogen-bond donors (Lipinski definition) is 1. The van der Waals surface area contributed by atoms with Crippen LogP contribution in [0.1, 0.15) is 24.0 Å². The van der Waals surface area contributed by atoms with E-state index in [1.807, 2.05) is 24.5 Å². The molecule has 0 unspecified atom stereocenters. The summed E-state index contributed by atoms with van der Waals surface area (Å²) in [7, 11) is 0. The molecule has 3 heterocycles. The summed E-state index contributed by atoms with van der Waals surface area (Å²) in [5.41, 5.74) is 3.54. The van der Waals surface area contributed by atoms with Gasteiger partial charge in [0.05, 0.1) is 6.61 Å². The van der Waals surface area contributed by atoms with Gasteiger partial charge in [-0.15, -0.1) is 0 Å². The third kappa shape index (κ3) is 4.15. The van der Waals surface area contributed by atoms with Gasteiger partial charge >= 0.3 is 6.09 Å². The first-order valence-corrected chi connectivity index (χ1v) is 9.56. The Labute approximate surface area is 159 Å². The van der Waals surface area contributed by atoms with Gasteiger partial charge in [-0.2, -0.15) is 0 Å². The maximum absolute atomic E-state index is 11.1. The van der Waals surface area contributed by atoms with Gasteiger partial charge in [-0.05, 0) is 60.6 Å². The summed E-state index contributed by atoms with van der Waals surface area (Å²) in [5, 5.41) is 9.13. The van der Waals surface area contributed by atoms with Gasteiger partial charge in [0.1, 0.15) is 5.75 Å². The third-order valence-electron chi connectivity index (χ3n) is 5.59. The van der Waals surface area contributed by atoms with E-state index < -0.39 is 6.09 Å². The molecule has 2 aliphatic heterocycles. The summed E-state index contributed by atoms with van der Waals surface area (Å²) in [6.07, 6.45) is 5.84. The van der Waals surface area contributed by atoms with Crippen LogP contribution in [0.2, 0.25) is 0 Å². The highest BCUT2D eigenvalue weighted by Gasteiger charge is 2.22. The number of pyridine rings is 1. The van der Waals surface area contributed by atoms with Gasteiger partial charge in [0.25, 0.3) is 0 Å². The first kappa shape index (κ1) is 17.6. The molecule has 1 N–H and O–H groups in total. The number of rotatable bonds is 4. The van der Waals surface area contributed by atoms with Crippen molar-refractivity contribution in [3.63, 3.8) is 0 Å². The molecule has 4 rings (SSSR count). The normalized spacial score (nSPS) is 17.5. The zero-order chi connectivity index (χ0) is 18.6. The van der Waals surface area contributed by atoms with Crippen molar-refractivity contribution >= 4 is 11.8 Å². The number of anilines is 1. The van der Waals surface area contributed by atoms with Crippen LogP contribution in [0, 0.1) is 5.92 Å². The van der Waals surface area contributed by atoms with Gasteiger partial charge in [-0.1, -0.05) is 6.07 Å². The lowest BCUT2D eigenvalue weighted by Crippen LogP contribution is -2.35. The zero-order valence-corrected chi connectivity index (χ0v) is 15.4. The molecular weight excluding hydrogens is 342 g/mol. The zero-order valence-electron chi connectivity index (χ0n) is 15.4. The van der Waals surface area contributed by atoms with Crippen LogP contribution in [0.4, 0.5) is 10.5 Å². The molecule has 1 aromatic carbocycles. The molecule has 1 saturated heterocycles. The molecule has 6 nitrogen and oxygen atoms in total. The van der Waals surface area contributed by atoms with Gasteiger partial charge < -0.3 is 19.6 Å². The van der Waals surface area contributed by atoms with E-state index in [1.165, 1.54) is 16.2 Å². The fraction of sp³-hybridized carbons (Fsp3) is 0.429. The number of aromatic nitrogens is 1. The monoisotopic (exact) mass is 367 g/mol. The molecule has 27 heavy (non-hydrogen) atoms. The number of benzene rings is 1. The van der Waals surface area contributed by atoms with Gasteiger partial charge in [-0.25, -0.2) is 4.79 Å². The molecule has 0 aliphatic carbocycles. The molecule has 1 fully saturated rings. The van der Waals surface area contributed by atoms with E-state index in [1.54, 1.807) is 0 Å². The Morgan fingerprint density at radius 1 is 1.11 bits per heavy atom. The molecule has 0 atom stereocenters. The molecule has 2 aromatic rings. The Hall–Kier alpha value is -2.76. The molecule has 142 valence electrons. The van der Waals surface area contributed by atoms with Crippen LogP contribution >= 0.6 is 0 Å². The van der Waals surface area contributed by atoms with Crippen LogP contribution in [0.25, 0.3) is 0 Å². The number of carbonyl (C=O) groups is 1. The largest absolute Gasteiger partial charge is 0.493 e. The highest BCUT2D eigenvalue weighted by atomic mass is 16.5. The number of amides is 1. The SMILES string of the molecule is O=C(O)N1CCc2cc(OCC3CCN(c4ccncc4)CC3)ccc2C1. The lowest BCUT2D eigenvalue weighted by molar-refractivity contribution is 0.140. The summed E-state index contributed by atoms with van der Waals surface area (Å²) < 4.78 is 6.07. The second-order valence-corrected chi connectivity index (χ2v) is 7.33. The topological polar surface area (TPSA) is 65.9 Å². The lowest BCUT2D eigenvalue weighted by Gasteiger charge is -2.33. The van der Waals surface area contributed by atoms with Gasteiger partial charge in [0.2, 0.25) is 0 Å². The lowest BCUT2D eigenvalue weighted by atomic mass is 9.97. The van der Waals surface area contributed by atoms with Crippen LogP contribution < -0.4 is 9.64 Å². The van der Waals surface area contributed by atoms with Crippen molar-refractivity contribution in [3.8, 4) is 5.75 Å². The second kappa shape index (κ2) is 7.86. The predicted molar refractivity (Wildman–Crippen MR) is 103 cm³/mol. The number of fused-ring (bicyclic) bond motifs is 1. The smallest absolute Gasteiger partial charge is 0.407 e. The molecule has 6 heteroatoms. The van der Waals surface area contributed by atoms with Crippen molar-refractivity contribution in [2.75, 3.05) is 31.1 Å². The molecule has 0 radical (unpaired) electrons. The summed E-state index contributed by atoms with van der Waals surface area (Å²) in [6, 6.07) is 10.2. The predicted octanol–water partition coefficient (Wildman–Crippen LogP) is 3.41. The average Bonchev–Trinajstić information content (AvgIpc) is 2.72. The van der Waals surface area contributed by atoms with E-state index >= 15 is 0 Å². The maximum Gasteiger partial charge on any atom is 0.407 e. The first-order chi connectivity index (χ1) is 13.2. The Kier molecular flexibility index (Phi) is 5.14. The third-order valence-corrected chi connectivity index (χ3v) is 5.59. The van der Waals surface area contributed by atoms with Crippen molar-refractivity contribution in [1.82, 2.24) is 9.88 Å². The highest BCUT2D eigenvalue weighted by Crippen LogP contribution is 2.26. The van der Waals surface area contributed by atoms with Gasteiger partial charge in [0.15, 0.2) is 0 Å². The molecule has 2 aliphatic rings.